The Morgan fingerprint density at radius 3 is 2.53 bits per heavy atom. The van der Waals surface area contributed by atoms with Gasteiger partial charge >= 0.3 is 0 Å². The van der Waals surface area contributed by atoms with Gasteiger partial charge in [0.15, 0.2) is 5.82 Å². The molecule has 0 saturated carbocycles. The molecule has 2 N–H and O–H groups in total. The van der Waals surface area contributed by atoms with Crippen LogP contribution in [0, 0.1) is 6.92 Å². The van der Waals surface area contributed by atoms with Crippen LogP contribution in [0.5, 0.6) is 0 Å². The number of halogens is 1. The monoisotopic (exact) mass is 315 g/mol. The molecule has 2 heterocycles. The fourth-order valence-electron chi connectivity index (χ4n) is 1.81. The molecular formula is C13H10BrN5. The Morgan fingerprint density at radius 1 is 1.05 bits per heavy atom. The Hall–Kier alpha value is -2.08. The molecule has 6 heteroatoms. The van der Waals surface area contributed by atoms with Crippen molar-refractivity contribution in [3.05, 3.63) is 40.8 Å². The van der Waals surface area contributed by atoms with E-state index in [1.807, 2.05) is 25.1 Å². The van der Waals surface area contributed by atoms with E-state index in [0.717, 1.165) is 26.8 Å². The van der Waals surface area contributed by atoms with Crippen LogP contribution >= 0.6 is 15.9 Å². The molecule has 0 bridgehead atoms. The van der Waals surface area contributed by atoms with E-state index in [1.165, 1.54) is 0 Å². The number of aromatic nitrogens is 4. The van der Waals surface area contributed by atoms with Gasteiger partial charge in [-0.3, -0.25) is 9.97 Å². The third-order valence-corrected chi connectivity index (χ3v) is 3.75. The highest BCUT2D eigenvalue weighted by Gasteiger charge is 2.09. The molecule has 0 aliphatic rings. The van der Waals surface area contributed by atoms with Gasteiger partial charge in [-0.05, 0) is 41.1 Å². The van der Waals surface area contributed by atoms with E-state index in [4.69, 9.17) is 5.73 Å². The number of nitrogens with zero attached hydrogens (tertiary/aromatic N) is 4. The van der Waals surface area contributed by atoms with Gasteiger partial charge in [0.05, 0.1) is 21.2 Å². The van der Waals surface area contributed by atoms with Crippen molar-refractivity contribution in [2.24, 2.45) is 0 Å². The average molecular weight is 316 g/mol. The summed E-state index contributed by atoms with van der Waals surface area (Å²) in [6.07, 6.45) is 3.33. The molecule has 5 nitrogen and oxygen atoms in total. The number of nitrogens with two attached hydrogens (primary N) is 1. The minimum Gasteiger partial charge on any atom is -0.383 e. The smallest absolute Gasteiger partial charge is 0.161 e. The molecule has 0 amide bonds. The van der Waals surface area contributed by atoms with Crippen LogP contribution in [0.2, 0.25) is 0 Å². The number of hydrogen-bond donors (Lipinski definition) is 1. The topological polar surface area (TPSA) is 77.6 Å². The van der Waals surface area contributed by atoms with Crippen LogP contribution in [-0.2, 0) is 0 Å². The summed E-state index contributed by atoms with van der Waals surface area (Å²) in [4.78, 5) is 17.2. The van der Waals surface area contributed by atoms with Crippen LogP contribution in [0.15, 0.2) is 35.1 Å². The summed E-state index contributed by atoms with van der Waals surface area (Å²) in [5.41, 5.74) is 9.17. The standard InChI is InChI=1S/C13H10BrN5/c1-7-11(14)12(15)19-13(18-7)8-2-3-9-10(6-8)17-5-4-16-9/h2-6H,1H3,(H2,15,18,19). The fraction of sp³-hybridized carbons (Fsp3) is 0.0769. The molecule has 19 heavy (non-hydrogen) atoms. The number of aryl methyl sites for hydroxylation is 1. The van der Waals surface area contributed by atoms with Crippen LogP contribution in [0.3, 0.4) is 0 Å². The number of fused-ring (bicyclic) bond motifs is 1. The summed E-state index contributed by atoms with van der Waals surface area (Å²) in [7, 11) is 0. The van der Waals surface area contributed by atoms with Crippen LogP contribution in [-0.4, -0.2) is 19.9 Å². The molecule has 0 saturated heterocycles. The SMILES string of the molecule is Cc1nc(-c2ccc3nccnc3c2)nc(N)c1Br. The minimum absolute atomic E-state index is 0.432. The number of nitrogen functional groups attached to an aromatic ring is 1. The second kappa shape index (κ2) is 4.55. The minimum atomic E-state index is 0.432. The predicted molar refractivity (Wildman–Crippen MR) is 77.4 cm³/mol. The van der Waals surface area contributed by atoms with E-state index in [9.17, 15) is 0 Å². The summed E-state index contributed by atoms with van der Waals surface area (Å²) < 4.78 is 0.733. The first-order chi connectivity index (χ1) is 9.15. The van der Waals surface area contributed by atoms with Crippen LogP contribution in [0.1, 0.15) is 5.69 Å². The van der Waals surface area contributed by atoms with E-state index < -0.39 is 0 Å². The van der Waals surface area contributed by atoms with Crippen LogP contribution in [0.25, 0.3) is 22.4 Å². The summed E-state index contributed by atoms with van der Waals surface area (Å²) in [6, 6.07) is 5.72. The van der Waals surface area contributed by atoms with Crippen molar-refractivity contribution >= 4 is 32.8 Å². The average Bonchev–Trinajstić information content (AvgIpc) is 2.43. The first-order valence-corrected chi connectivity index (χ1v) is 6.45. The quantitative estimate of drug-likeness (QED) is 0.747. The molecule has 1 aromatic carbocycles. The van der Waals surface area contributed by atoms with E-state index >= 15 is 0 Å². The second-order valence-electron chi connectivity index (χ2n) is 4.09. The third kappa shape index (κ3) is 2.15. The molecule has 3 aromatic rings. The number of rotatable bonds is 1. The Kier molecular flexibility index (Phi) is 2.87. The molecule has 0 unspecified atom stereocenters. The van der Waals surface area contributed by atoms with E-state index in [2.05, 4.69) is 35.9 Å². The van der Waals surface area contributed by atoms with Gasteiger partial charge in [-0.1, -0.05) is 0 Å². The van der Waals surface area contributed by atoms with Gasteiger partial charge in [-0.25, -0.2) is 9.97 Å². The molecule has 0 fully saturated rings. The Bertz CT molecular complexity index is 749. The lowest BCUT2D eigenvalue weighted by Gasteiger charge is -2.06. The number of hydrogen-bond acceptors (Lipinski definition) is 5. The zero-order chi connectivity index (χ0) is 13.4. The molecule has 0 aliphatic carbocycles. The Balaban J connectivity index is 2.19. The van der Waals surface area contributed by atoms with E-state index in [-0.39, 0.29) is 0 Å². The maximum absolute atomic E-state index is 5.85. The molecule has 3 rings (SSSR count). The summed E-state index contributed by atoms with van der Waals surface area (Å²) in [5, 5.41) is 0. The van der Waals surface area contributed by atoms with Crippen molar-refractivity contribution in [1.29, 1.82) is 0 Å². The highest BCUT2D eigenvalue weighted by Crippen LogP contribution is 2.25. The molecule has 0 aliphatic heterocycles. The van der Waals surface area contributed by atoms with Gasteiger partial charge in [0, 0.05) is 18.0 Å². The van der Waals surface area contributed by atoms with Gasteiger partial charge in [0.1, 0.15) is 5.82 Å². The zero-order valence-electron chi connectivity index (χ0n) is 10.1. The molecule has 94 valence electrons. The molecule has 0 spiro atoms. The van der Waals surface area contributed by atoms with Gasteiger partial charge in [-0.2, -0.15) is 0 Å². The van der Waals surface area contributed by atoms with E-state index in [1.54, 1.807) is 12.4 Å². The largest absolute Gasteiger partial charge is 0.383 e. The molecule has 2 aromatic heterocycles. The molecular weight excluding hydrogens is 306 g/mol. The second-order valence-corrected chi connectivity index (χ2v) is 4.88. The highest BCUT2D eigenvalue weighted by molar-refractivity contribution is 9.10. The van der Waals surface area contributed by atoms with Gasteiger partial charge in [0.2, 0.25) is 0 Å². The predicted octanol–water partition coefficient (Wildman–Crippen LogP) is 2.74. The lowest BCUT2D eigenvalue weighted by Crippen LogP contribution is -2.00. The lowest BCUT2D eigenvalue weighted by molar-refractivity contribution is 1.10. The maximum Gasteiger partial charge on any atom is 0.161 e. The van der Waals surface area contributed by atoms with Crippen LogP contribution in [0.4, 0.5) is 5.82 Å². The fourth-order valence-corrected chi connectivity index (χ4v) is 1.99. The molecule has 0 radical (unpaired) electrons. The maximum atomic E-state index is 5.85. The summed E-state index contributed by atoms with van der Waals surface area (Å²) >= 11 is 3.35. The van der Waals surface area contributed by atoms with Crippen molar-refractivity contribution in [2.75, 3.05) is 5.73 Å². The normalized spacial score (nSPS) is 10.8. The Morgan fingerprint density at radius 2 is 1.79 bits per heavy atom. The van der Waals surface area contributed by atoms with Gasteiger partial charge < -0.3 is 5.73 Å². The van der Waals surface area contributed by atoms with Crippen molar-refractivity contribution in [1.82, 2.24) is 19.9 Å². The lowest BCUT2D eigenvalue weighted by atomic mass is 10.2. The highest BCUT2D eigenvalue weighted by atomic mass is 79.9. The van der Waals surface area contributed by atoms with Gasteiger partial charge in [0.25, 0.3) is 0 Å². The summed E-state index contributed by atoms with van der Waals surface area (Å²) in [5.74, 6) is 1.02. The number of anilines is 1. The van der Waals surface area contributed by atoms with Crippen molar-refractivity contribution in [2.45, 2.75) is 6.92 Å². The number of benzene rings is 1. The third-order valence-electron chi connectivity index (χ3n) is 2.77. The van der Waals surface area contributed by atoms with Crippen molar-refractivity contribution in [3.8, 4) is 11.4 Å². The van der Waals surface area contributed by atoms with Gasteiger partial charge in [-0.15, -0.1) is 0 Å². The molecule has 0 atom stereocenters. The van der Waals surface area contributed by atoms with E-state index in [0.29, 0.717) is 11.6 Å². The Labute approximate surface area is 118 Å². The van der Waals surface area contributed by atoms with Crippen LogP contribution < -0.4 is 5.73 Å². The summed E-state index contributed by atoms with van der Waals surface area (Å²) in [6.45, 7) is 1.88. The zero-order valence-corrected chi connectivity index (χ0v) is 11.7. The first-order valence-electron chi connectivity index (χ1n) is 5.66. The first kappa shape index (κ1) is 12.0. The van der Waals surface area contributed by atoms with Crippen molar-refractivity contribution < 1.29 is 0 Å². The van der Waals surface area contributed by atoms with Crippen molar-refractivity contribution in [3.63, 3.8) is 0 Å².